The molecule has 2 fully saturated rings. The molecule has 2 saturated heterocycles. The van der Waals surface area contributed by atoms with E-state index in [-0.39, 0.29) is 6.10 Å². The number of aliphatic imine (C=N–C) groups is 1. The van der Waals surface area contributed by atoms with Crippen molar-refractivity contribution in [2.24, 2.45) is 4.99 Å². The summed E-state index contributed by atoms with van der Waals surface area (Å²) in [6.45, 7) is 10.9. The third-order valence-electron chi connectivity index (χ3n) is 4.79. The minimum absolute atomic E-state index is 0.237. The highest BCUT2D eigenvalue weighted by Crippen LogP contribution is 2.28. The summed E-state index contributed by atoms with van der Waals surface area (Å²) in [5, 5.41) is 13.2. The average molecular weight is 367 g/mol. The molecule has 2 aliphatic heterocycles. The second-order valence-electron chi connectivity index (χ2n) is 6.70. The first-order chi connectivity index (χ1) is 12.2. The maximum atomic E-state index is 9.83. The molecule has 0 saturated carbocycles. The number of aliphatic hydroxyl groups excluding tert-OH is 1. The number of nitrogens with one attached hydrogen (secondary N) is 1. The number of guanidine groups is 1. The molecular weight excluding hydrogens is 336 g/mol. The van der Waals surface area contributed by atoms with Crippen molar-refractivity contribution in [3.05, 3.63) is 21.9 Å². The van der Waals surface area contributed by atoms with Crippen LogP contribution in [0.15, 0.2) is 17.1 Å². The monoisotopic (exact) mass is 366 g/mol. The van der Waals surface area contributed by atoms with Gasteiger partial charge in [-0.15, -0.1) is 11.3 Å². The van der Waals surface area contributed by atoms with Crippen LogP contribution in [0.25, 0.3) is 0 Å². The molecule has 140 valence electrons. The lowest BCUT2D eigenvalue weighted by Gasteiger charge is -2.33. The Labute approximate surface area is 154 Å². The van der Waals surface area contributed by atoms with Crippen LogP contribution in [0.2, 0.25) is 0 Å². The molecule has 1 unspecified atom stereocenters. The van der Waals surface area contributed by atoms with Crippen molar-refractivity contribution < 1.29 is 9.84 Å². The highest BCUT2D eigenvalue weighted by Gasteiger charge is 2.26. The molecule has 0 spiro atoms. The van der Waals surface area contributed by atoms with Crippen molar-refractivity contribution in [1.82, 2.24) is 15.1 Å². The van der Waals surface area contributed by atoms with Gasteiger partial charge in [-0.2, -0.15) is 0 Å². The van der Waals surface area contributed by atoms with Crippen LogP contribution in [0.5, 0.6) is 0 Å². The van der Waals surface area contributed by atoms with E-state index in [1.807, 2.05) is 11.3 Å². The smallest absolute Gasteiger partial charge is 0.194 e. The predicted octanol–water partition coefficient (Wildman–Crippen LogP) is 1.46. The molecule has 6 nitrogen and oxygen atoms in total. The van der Waals surface area contributed by atoms with E-state index in [2.05, 4.69) is 41.1 Å². The largest absolute Gasteiger partial charge is 0.391 e. The first kappa shape index (κ1) is 18.6. The number of hydrogen-bond acceptors (Lipinski definition) is 5. The molecule has 1 aromatic rings. The zero-order valence-electron chi connectivity index (χ0n) is 15.3. The van der Waals surface area contributed by atoms with Gasteiger partial charge in [0, 0.05) is 42.5 Å². The van der Waals surface area contributed by atoms with Crippen LogP contribution in [0.1, 0.15) is 29.1 Å². The molecule has 2 atom stereocenters. The van der Waals surface area contributed by atoms with Crippen molar-refractivity contribution >= 4 is 17.3 Å². The lowest BCUT2D eigenvalue weighted by Crippen LogP contribution is -2.42. The Bertz CT molecular complexity index is 571. The molecule has 0 aromatic carbocycles. The summed E-state index contributed by atoms with van der Waals surface area (Å²) in [5.41, 5.74) is 0. The van der Waals surface area contributed by atoms with E-state index in [1.165, 1.54) is 9.75 Å². The minimum atomic E-state index is -0.237. The lowest BCUT2D eigenvalue weighted by atomic mass is 10.2. The molecule has 0 amide bonds. The van der Waals surface area contributed by atoms with E-state index in [1.54, 1.807) is 0 Å². The van der Waals surface area contributed by atoms with E-state index in [9.17, 15) is 5.11 Å². The van der Waals surface area contributed by atoms with Crippen molar-refractivity contribution in [2.45, 2.75) is 32.4 Å². The maximum absolute atomic E-state index is 9.83. The van der Waals surface area contributed by atoms with E-state index >= 15 is 0 Å². The van der Waals surface area contributed by atoms with E-state index in [4.69, 9.17) is 9.73 Å². The number of hydrogen-bond donors (Lipinski definition) is 2. The Balaban J connectivity index is 1.75. The van der Waals surface area contributed by atoms with Crippen molar-refractivity contribution in [1.29, 1.82) is 0 Å². The van der Waals surface area contributed by atoms with Gasteiger partial charge in [0.05, 0.1) is 31.9 Å². The van der Waals surface area contributed by atoms with Gasteiger partial charge in [-0.3, -0.25) is 9.89 Å². The van der Waals surface area contributed by atoms with E-state index in [0.717, 1.165) is 58.3 Å². The molecule has 1 aromatic heterocycles. The van der Waals surface area contributed by atoms with E-state index in [0.29, 0.717) is 12.6 Å². The number of ether oxygens (including phenoxy) is 1. The van der Waals surface area contributed by atoms with Gasteiger partial charge in [-0.25, -0.2) is 0 Å². The van der Waals surface area contributed by atoms with Gasteiger partial charge >= 0.3 is 0 Å². The summed E-state index contributed by atoms with van der Waals surface area (Å²) < 4.78 is 5.53. The highest BCUT2D eigenvalue weighted by atomic mass is 32.1. The fourth-order valence-electron chi connectivity index (χ4n) is 3.44. The molecule has 2 N–H and O–H groups in total. The van der Waals surface area contributed by atoms with Gasteiger partial charge in [0.25, 0.3) is 0 Å². The van der Waals surface area contributed by atoms with E-state index < -0.39 is 0 Å². The number of β-amino-alcohol motifs (C(OH)–C–C–N with tert-alkyl or cyclic N) is 1. The van der Waals surface area contributed by atoms with Gasteiger partial charge in [0.1, 0.15) is 0 Å². The minimum Gasteiger partial charge on any atom is -0.391 e. The zero-order valence-corrected chi connectivity index (χ0v) is 16.1. The van der Waals surface area contributed by atoms with Crippen molar-refractivity contribution in [3.63, 3.8) is 0 Å². The van der Waals surface area contributed by atoms with Crippen LogP contribution < -0.4 is 5.32 Å². The number of aliphatic hydroxyl groups is 1. The molecule has 0 radical (unpaired) electrons. The topological polar surface area (TPSA) is 60.3 Å². The van der Waals surface area contributed by atoms with Crippen molar-refractivity contribution in [3.8, 4) is 0 Å². The van der Waals surface area contributed by atoms with Gasteiger partial charge in [-0.1, -0.05) is 0 Å². The van der Waals surface area contributed by atoms with Crippen LogP contribution in [-0.2, 0) is 4.74 Å². The Morgan fingerprint density at radius 2 is 2.20 bits per heavy atom. The van der Waals surface area contributed by atoms with Gasteiger partial charge in [-0.05, 0) is 32.4 Å². The predicted molar refractivity (Wildman–Crippen MR) is 102 cm³/mol. The number of likely N-dealkylation sites (tertiary alicyclic amines) is 1. The summed E-state index contributed by atoms with van der Waals surface area (Å²) in [5.74, 6) is 0.922. The molecule has 7 heteroatoms. The Morgan fingerprint density at radius 3 is 2.80 bits per heavy atom. The molecule has 0 bridgehead atoms. The molecule has 3 heterocycles. The SMILES string of the molecule is CCNC(=NCC(c1ccc(C)s1)N1CCOCC1)N1CC[C@@H](O)C1. The fourth-order valence-corrected chi connectivity index (χ4v) is 4.44. The first-order valence-corrected chi connectivity index (χ1v) is 10.1. The lowest BCUT2D eigenvalue weighted by molar-refractivity contribution is 0.0186. The molecule has 25 heavy (non-hydrogen) atoms. The summed E-state index contributed by atoms with van der Waals surface area (Å²) in [6, 6.07) is 4.73. The summed E-state index contributed by atoms with van der Waals surface area (Å²) in [6.07, 6.45) is 0.584. The fraction of sp³-hybridized carbons (Fsp3) is 0.722. The summed E-state index contributed by atoms with van der Waals surface area (Å²) in [7, 11) is 0. The number of nitrogens with zero attached hydrogens (tertiary/aromatic N) is 3. The van der Waals surface area contributed by atoms with Crippen LogP contribution in [0.3, 0.4) is 0 Å². The standard InChI is InChI=1S/C18H30N4O2S/c1-3-19-18(22-7-6-15(23)13-22)20-12-16(17-5-4-14(2)25-17)21-8-10-24-11-9-21/h4-5,15-16,23H,3,6-13H2,1-2H3,(H,19,20)/t15-,16?/m1/s1. The Kier molecular flexibility index (Phi) is 6.70. The van der Waals surface area contributed by atoms with Crippen LogP contribution in [0, 0.1) is 6.92 Å². The average Bonchev–Trinajstić information content (AvgIpc) is 3.24. The van der Waals surface area contributed by atoms with Crippen LogP contribution in [-0.4, -0.2) is 79.5 Å². The summed E-state index contributed by atoms with van der Waals surface area (Å²) >= 11 is 1.86. The quantitative estimate of drug-likeness (QED) is 0.610. The van der Waals surface area contributed by atoms with Gasteiger partial charge < -0.3 is 20.1 Å². The molecular formula is C18H30N4O2S. The summed E-state index contributed by atoms with van der Waals surface area (Å²) in [4.78, 5) is 12.3. The molecule has 0 aliphatic carbocycles. The number of aryl methyl sites for hydroxylation is 1. The van der Waals surface area contributed by atoms with Crippen LogP contribution in [0.4, 0.5) is 0 Å². The molecule has 3 rings (SSSR count). The number of morpholine rings is 1. The number of rotatable bonds is 5. The number of thiophene rings is 1. The Hall–Kier alpha value is -1.15. The third-order valence-corrected chi connectivity index (χ3v) is 5.89. The molecule has 2 aliphatic rings. The van der Waals surface area contributed by atoms with Crippen molar-refractivity contribution in [2.75, 3.05) is 52.5 Å². The van der Waals surface area contributed by atoms with Crippen LogP contribution >= 0.6 is 11.3 Å². The van der Waals surface area contributed by atoms with Gasteiger partial charge in [0.2, 0.25) is 0 Å². The highest BCUT2D eigenvalue weighted by molar-refractivity contribution is 7.12. The maximum Gasteiger partial charge on any atom is 0.194 e. The van der Waals surface area contributed by atoms with Gasteiger partial charge in [0.15, 0.2) is 5.96 Å². The second kappa shape index (κ2) is 8.98. The normalized spacial score (nSPS) is 23.9. The Morgan fingerprint density at radius 1 is 1.40 bits per heavy atom. The third kappa shape index (κ3) is 4.94. The zero-order chi connectivity index (χ0) is 17.6. The first-order valence-electron chi connectivity index (χ1n) is 9.27. The second-order valence-corrected chi connectivity index (χ2v) is 8.02.